The summed E-state index contributed by atoms with van der Waals surface area (Å²) in [6.45, 7) is 1.84. The number of carbonyl (C=O) groups excluding carboxylic acids is 1. The van der Waals surface area contributed by atoms with Crippen LogP contribution in [0.25, 0.3) is 22.1 Å². The number of nitrogens with zero attached hydrogens (tertiary/aromatic N) is 2. The number of rotatable bonds is 6. The van der Waals surface area contributed by atoms with Gasteiger partial charge in [0.1, 0.15) is 17.3 Å². The summed E-state index contributed by atoms with van der Waals surface area (Å²) in [6, 6.07) is 19.1. The number of aryl methyl sites for hydroxylation is 1. The summed E-state index contributed by atoms with van der Waals surface area (Å²) in [4.78, 5) is 23.2. The van der Waals surface area contributed by atoms with Crippen LogP contribution in [0, 0.1) is 17.0 Å². The van der Waals surface area contributed by atoms with Gasteiger partial charge in [-0.05, 0) is 47.5 Å². The molecule has 32 heavy (non-hydrogen) atoms. The third-order valence-corrected chi connectivity index (χ3v) is 4.99. The lowest BCUT2D eigenvalue weighted by atomic mass is 10.1. The van der Waals surface area contributed by atoms with Gasteiger partial charge in [-0.3, -0.25) is 14.9 Å². The van der Waals surface area contributed by atoms with Crippen molar-refractivity contribution in [2.75, 3.05) is 7.11 Å². The molecule has 8 heteroatoms. The van der Waals surface area contributed by atoms with Gasteiger partial charge in [-0.1, -0.05) is 30.3 Å². The first-order valence-electron chi connectivity index (χ1n) is 9.71. The average molecular weight is 429 g/mol. The Balaban J connectivity index is 1.52. The van der Waals surface area contributed by atoms with Crippen molar-refractivity contribution in [3.63, 3.8) is 0 Å². The van der Waals surface area contributed by atoms with Crippen molar-refractivity contribution >= 4 is 28.6 Å². The van der Waals surface area contributed by atoms with Gasteiger partial charge in [0.25, 0.3) is 11.6 Å². The number of ether oxygens (including phenoxy) is 1. The lowest BCUT2D eigenvalue weighted by molar-refractivity contribution is -0.384. The van der Waals surface area contributed by atoms with Gasteiger partial charge >= 0.3 is 0 Å². The van der Waals surface area contributed by atoms with Gasteiger partial charge in [0.2, 0.25) is 0 Å². The fourth-order valence-electron chi connectivity index (χ4n) is 3.34. The van der Waals surface area contributed by atoms with Gasteiger partial charge in [-0.2, -0.15) is 5.10 Å². The van der Waals surface area contributed by atoms with Gasteiger partial charge in [-0.25, -0.2) is 5.43 Å². The van der Waals surface area contributed by atoms with E-state index in [9.17, 15) is 14.9 Å². The van der Waals surface area contributed by atoms with Crippen LogP contribution in [0.1, 0.15) is 21.7 Å². The number of fused-ring (bicyclic) bond motifs is 1. The molecule has 0 aliphatic heterocycles. The fourth-order valence-corrected chi connectivity index (χ4v) is 3.34. The molecule has 0 spiro atoms. The Hall–Kier alpha value is -4.46. The minimum absolute atomic E-state index is 0.0196. The molecule has 0 aliphatic carbocycles. The van der Waals surface area contributed by atoms with Gasteiger partial charge in [0, 0.05) is 17.7 Å². The Bertz CT molecular complexity index is 1360. The molecule has 1 aromatic heterocycles. The lowest BCUT2D eigenvalue weighted by Crippen LogP contribution is -2.18. The third-order valence-electron chi connectivity index (χ3n) is 4.99. The summed E-state index contributed by atoms with van der Waals surface area (Å²) in [5.41, 5.74) is 4.26. The predicted molar refractivity (Wildman–Crippen MR) is 121 cm³/mol. The van der Waals surface area contributed by atoms with E-state index in [1.807, 2.05) is 31.2 Å². The summed E-state index contributed by atoms with van der Waals surface area (Å²) in [7, 11) is 1.50. The van der Waals surface area contributed by atoms with E-state index in [0.29, 0.717) is 28.4 Å². The number of furan rings is 1. The molecule has 0 saturated carbocycles. The number of amides is 1. The van der Waals surface area contributed by atoms with E-state index in [4.69, 9.17) is 9.15 Å². The first-order valence-corrected chi connectivity index (χ1v) is 9.71. The van der Waals surface area contributed by atoms with Crippen LogP contribution in [-0.4, -0.2) is 24.2 Å². The maximum absolute atomic E-state index is 12.6. The van der Waals surface area contributed by atoms with Crippen molar-refractivity contribution in [3.8, 4) is 17.1 Å². The molecule has 0 fully saturated rings. The molecule has 1 amide bonds. The topological polar surface area (TPSA) is 107 Å². The zero-order valence-electron chi connectivity index (χ0n) is 17.4. The minimum Gasteiger partial charge on any atom is -0.496 e. The van der Waals surface area contributed by atoms with Crippen LogP contribution < -0.4 is 10.2 Å². The Labute approximate surface area is 183 Å². The lowest BCUT2D eigenvalue weighted by Gasteiger charge is -2.09. The molecule has 4 aromatic rings. The van der Waals surface area contributed by atoms with E-state index in [2.05, 4.69) is 10.5 Å². The fraction of sp³-hybridized carbons (Fsp3) is 0.0833. The second kappa shape index (κ2) is 8.73. The van der Waals surface area contributed by atoms with Gasteiger partial charge < -0.3 is 9.15 Å². The van der Waals surface area contributed by atoms with Crippen LogP contribution in [0.15, 0.2) is 76.2 Å². The maximum Gasteiger partial charge on any atom is 0.275 e. The molecule has 0 bridgehead atoms. The van der Waals surface area contributed by atoms with Crippen LogP contribution in [0.4, 0.5) is 5.69 Å². The molecule has 0 atom stereocenters. The number of carbonyl (C=O) groups is 1. The number of hydrogen-bond donors (Lipinski definition) is 1. The largest absolute Gasteiger partial charge is 0.496 e. The Kier molecular flexibility index (Phi) is 5.67. The number of non-ortho nitro benzene ring substituents is 1. The summed E-state index contributed by atoms with van der Waals surface area (Å²) in [6.07, 6.45) is 1.36. The molecule has 0 radical (unpaired) electrons. The van der Waals surface area contributed by atoms with Crippen molar-refractivity contribution in [1.82, 2.24) is 5.43 Å². The smallest absolute Gasteiger partial charge is 0.275 e. The summed E-state index contributed by atoms with van der Waals surface area (Å²) >= 11 is 0. The van der Waals surface area contributed by atoms with Crippen molar-refractivity contribution in [3.05, 3.63) is 93.7 Å². The zero-order chi connectivity index (χ0) is 22.7. The van der Waals surface area contributed by atoms with Gasteiger partial charge in [0.05, 0.1) is 23.8 Å². The number of methoxy groups -OCH3 is 1. The maximum atomic E-state index is 12.6. The molecular weight excluding hydrogens is 410 g/mol. The molecule has 8 nitrogen and oxygen atoms in total. The monoisotopic (exact) mass is 429 g/mol. The average Bonchev–Trinajstić information content (AvgIpc) is 3.26. The van der Waals surface area contributed by atoms with Crippen LogP contribution in [0.2, 0.25) is 0 Å². The van der Waals surface area contributed by atoms with Gasteiger partial charge in [0.15, 0.2) is 0 Å². The predicted octanol–water partition coefficient (Wildman–Crippen LogP) is 5.09. The minimum atomic E-state index is -0.454. The van der Waals surface area contributed by atoms with Crippen molar-refractivity contribution in [1.29, 1.82) is 0 Å². The Morgan fingerprint density at radius 1 is 1.09 bits per heavy atom. The molecule has 0 unspecified atom stereocenters. The number of nitrogens with one attached hydrogen (secondary N) is 1. The second-order valence-electron chi connectivity index (χ2n) is 7.06. The van der Waals surface area contributed by atoms with Crippen molar-refractivity contribution in [2.24, 2.45) is 5.10 Å². The summed E-state index contributed by atoms with van der Waals surface area (Å²) in [5.74, 6) is 0.870. The molecular formula is C24H19N3O5. The highest BCUT2D eigenvalue weighted by Gasteiger charge is 2.14. The van der Waals surface area contributed by atoms with Gasteiger partial charge in [-0.15, -0.1) is 0 Å². The van der Waals surface area contributed by atoms with E-state index in [-0.39, 0.29) is 5.69 Å². The van der Waals surface area contributed by atoms with Crippen LogP contribution in [0.5, 0.6) is 5.75 Å². The van der Waals surface area contributed by atoms with E-state index >= 15 is 0 Å². The first kappa shape index (κ1) is 20.8. The van der Waals surface area contributed by atoms with E-state index < -0.39 is 10.8 Å². The van der Waals surface area contributed by atoms with E-state index in [1.54, 1.807) is 30.3 Å². The van der Waals surface area contributed by atoms with Crippen molar-refractivity contribution in [2.45, 2.75) is 6.92 Å². The second-order valence-corrected chi connectivity index (χ2v) is 7.06. The number of hydrazone groups is 1. The van der Waals surface area contributed by atoms with Crippen molar-refractivity contribution < 1.29 is 18.9 Å². The SMILES string of the molecule is COc1cc2ccccc2cc1C(=O)N/N=C\c1ccc(-c2cc([N+](=O)[O-])ccc2C)o1. The molecule has 160 valence electrons. The molecule has 4 rings (SSSR count). The highest BCUT2D eigenvalue weighted by atomic mass is 16.6. The molecule has 1 heterocycles. The first-order chi connectivity index (χ1) is 15.5. The number of hydrogen-bond acceptors (Lipinski definition) is 6. The zero-order valence-corrected chi connectivity index (χ0v) is 17.4. The Morgan fingerprint density at radius 2 is 1.84 bits per heavy atom. The Morgan fingerprint density at radius 3 is 2.56 bits per heavy atom. The number of nitro benzene ring substituents is 1. The summed E-state index contributed by atoms with van der Waals surface area (Å²) in [5, 5.41) is 16.9. The quantitative estimate of drug-likeness (QED) is 0.261. The third kappa shape index (κ3) is 4.20. The summed E-state index contributed by atoms with van der Waals surface area (Å²) < 4.78 is 11.1. The normalized spacial score (nSPS) is 11.1. The number of nitro groups is 1. The molecule has 3 aromatic carbocycles. The standard InChI is InChI=1S/C24H19N3O5/c1-15-7-8-18(27(29)30)13-20(15)22-10-9-19(32-22)14-25-26-24(28)21-11-16-5-3-4-6-17(16)12-23(21)31-2/h3-14H,1-2H3,(H,26,28)/b25-14-. The molecule has 0 aliphatic rings. The van der Waals surface area contributed by atoms with E-state index in [0.717, 1.165) is 16.3 Å². The van der Waals surface area contributed by atoms with Crippen LogP contribution in [0.3, 0.4) is 0 Å². The van der Waals surface area contributed by atoms with E-state index in [1.165, 1.54) is 25.5 Å². The number of benzene rings is 3. The molecule has 0 saturated heterocycles. The van der Waals surface area contributed by atoms with Crippen LogP contribution >= 0.6 is 0 Å². The highest BCUT2D eigenvalue weighted by Crippen LogP contribution is 2.29. The highest BCUT2D eigenvalue weighted by molar-refractivity contribution is 6.01. The molecule has 1 N–H and O–H groups in total. The van der Waals surface area contributed by atoms with Crippen LogP contribution in [-0.2, 0) is 0 Å².